The van der Waals surface area contributed by atoms with Gasteiger partial charge < -0.3 is 15.8 Å². The first-order chi connectivity index (χ1) is 8.04. The van der Waals surface area contributed by atoms with Crippen LogP contribution in [0.25, 0.3) is 0 Å². The molecule has 3 heteroatoms. The van der Waals surface area contributed by atoms with Gasteiger partial charge in [0.1, 0.15) is 5.75 Å². The van der Waals surface area contributed by atoms with Crippen molar-refractivity contribution in [2.24, 2.45) is 5.73 Å². The summed E-state index contributed by atoms with van der Waals surface area (Å²) in [7, 11) is 1.70. The van der Waals surface area contributed by atoms with E-state index in [4.69, 9.17) is 10.5 Å². The lowest BCUT2D eigenvalue weighted by atomic mass is 10.0. The molecular weight excluding hydrogens is 212 g/mol. The van der Waals surface area contributed by atoms with Gasteiger partial charge in [0.2, 0.25) is 0 Å². The van der Waals surface area contributed by atoms with Crippen LogP contribution in [0.5, 0.6) is 5.75 Å². The summed E-state index contributed by atoms with van der Waals surface area (Å²) in [6.45, 7) is 7.24. The Hall–Kier alpha value is -1.22. The molecule has 0 aliphatic heterocycles. The highest BCUT2D eigenvalue weighted by Gasteiger charge is 2.06. The number of nitrogens with one attached hydrogen (secondary N) is 1. The van der Waals surface area contributed by atoms with Crippen molar-refractivity contribution < 1.29 is 4.74 Å². The van der Waals surface area contributed by atoms with E-state index in [0.29, 0.717) is 5.92 Å². The van der Waals surface area contributed by atoms with Crippen molar-refractivity contribution in [1.82, 2.24) is 0 Å². The minimum absolute atomic E-state index is 0.225. The van der Waals surface area contributed by atoms with E-state index < -0.39 is 0 Å². The number of benzene rings is 1. The zero-order valence-corrected chi connectivity index (χ0v) is 11.3. The molecule has 0 saturated carbocycles. The quantitative estimate of drug-likeness (QED) is 0.798. The Labute approximate surface area is 104 Å². The van der Waals surface area contributed by atoms with E-state index in [1.54, 1.807) is 7.11 Å². The Morgan fingerprint density at radius 3 is 2.53 bits per heavy atom. The van der Waals surface area contributed by atoms with Gasteiger partial charge in [-0.2, -0.15) is 0 Å². The predicted octanol–water partition coefficient (Wildman–Crippen LogP) is 2.97. The van der Waals surface area contributed by atoms with Gasteiger partial charge in [0.25, 0.3) is 0 Å². The van der Waals surface area contributed by atoms with Gasteiger partial charge in [-0.05, 0) is 37.0 Å². The topological polar surface area (TPSA) is 47.3 Å². The van der Waals surface area contributed by atoms with Gasteiger partial charge in [-0.3, -0.25) is 0 Å². The molecule has 0 saturated heterocycles. The highest BCUT2D eigenvalue weighted by Crippen LogP contribution is 2.28. The van der Waals surface area contributed by atoms with E-state index in [9.17, 15) is 0 Å². The van der Waals surface area contributed by atoms with Gasteiger partial charge in [-0.25, -0.2) is 0 Å². The maximum Gasteiger partial charge on any atom is 0.142 e. The van der Waals surface area contributed by atoms with Crippen LogP contribution in [0.1, 0.15) is 38.7 Å². The zero-order chi connectivity index (χ0) is 12.8. The molecule has 0 heterocycles. The first kappa shape index (κ1) is 13.8. The minimum Gasteiger partial charge on any atom is -0.495 e. The summed E-state index contributed by atoms with van der Waals surface area (Å²) in [5.74, 6) is 1.42. The smallest absolute Gasteiger partial charge is 0.142 e. The summed E-state index contributed by atoms with van der Waals surface area (Å²) in [5.41, 5.74) is 8.05. The molecule has 0 fully saturated rings. The second-order valence-corrected chi connectivity index (χ2v) is 4.81. The van der Waals surface area contributed by atoms with E-state index in [1.807, 2.05) is 6.92 Å². The molecule has 17 heavy (non-hydrogen) atoms. The summed E-state index contributed by atoms with van der Waals surface area (Å²) in [5, 5.41) is 3.36. The Morgan fingerprint density at radius 1 is 1.29 bits per heavy atom. The Balaban J connectivity index is 2.71. The molecule has 1 rings (SSSR count). The average Bonchev–Trinajstić information content (AvgIpc) is 2.28. The standard InChI is InChI=1S/C14H24N2O/c1-10(2)12-5-6-13(14(9-12)17-4)16-8-7-11(3)15/h5-6,9-11,16H,7-8,15H2,1-4H3. The van der Waals surface area contributed by atoms with Crippen molar-refractivity contribution in [1.29, 1.82) is 0 Å². The molecule has 0 aromatic heterocycles. The van der Waals surface area contributed by atoms with Gasteiger partial charge in [0, 0.05) is 12.6 Å². The third kappa shape index (κ3) is 4.27. The summed E-state index contributed by atoms with van der Waals surface area (Å²) < 4.78 is 5.40. The van der Waals surface area contributed by atoms with Crippen LogP contribution in [0.15, 0.2) is 18.2 Å². The van der Waals surface area contributed by atoms with E-state index in [2.05, 4.69) is 37.4 Å². The third-order valence-electron chi connectivity index (χ3n) is 2.81. The monoisotopic (exact) mass is 236 g/mol. The number of ether oxygens (including phenoxy) is 1. The number of nitrogens with two attached hydrogens (primary N) is 1. The van der Waals surface area contributed by atoms with Gasteiger partial charge >= 0.3 is 0 Å². The third-order valence-corrected chi connectivity index (χ3v) is 2.81. The van der Waals surface area contributed by atoms with Crippen molar-refractivity contribution in [3.63, 3.8) is 0 Å². The van der Waals surface area contributed by atoms with Crippen LogP contribution in [0.4, 0.5) is 5.69 Å². The van der Waals surface area contributed by atoms with Gasteiger partial charge in [-0.15, -0.1) is 0 Å². The van der Waals surface area contributed by atoms with Crippen molar-refractivity contribution >= 4 is 5.69 Å². The first-order valence-corrected chi connectivity index (χ1v) is 6.22. The molecule has 96 valence electrons. The Bertz CT molecular complexity index is 348. The van der Waals surface area contributed by atoms with Crippen molar-refractivity contribution in [3.8, 4) is 5.75 Å². The van der Waals surface area contributed by atoms with Crippen molar-refractivity contribution in [3.05, 3.63) is 23.8 Å². The van der Waals surface area contributed by atoms with Gasteiger partial charge in [0.05, 0.1) is 12.8 Å². The molecule has 1 aromatic carbocycles. The van der Waals surface area contributed by atoms with E-state index >= 15 is 0 Å². The molecule has 0 amide bonds. The summed E-state index contributed by atoms with van der Waals surface area (Å²) in [4.78, 5) is 0. The second-order valence-electron chi connectivity index (χ2n) is 4.81. The van der Waals surface area contributed by atoms with Crippen LogP contribution in [0.2, 0.25) is 0 Å². The van der Waals surface area contributed by atoms with Crippen LogP contribution in [-0.4, -0.2) is 19.7 Å². The lowest BCUT2D eigenvalue weighted by Gasteiger charge is -2.14. The average molecular weight is 236 g/mol. The normalized spacial score (nSPS) is 12.6. The predicted molar refractivity (Wildman–Crippen MR) is 73.8 cm³/mol. The number of hydrogen-bond acceptors (Lipinski definition) is 3. The molecule has 3 nitrogen and oxygen atoms in total. The molecule has 1 unspecified atom stereocenters. The minimum atomic E-state index is 0.225. The zero-order valence-electron chi connectivity index (χ0n) is 11.3. The molecule has 0 aliphatic rings. The van der Waals surface area contributed by atoms with Gasteiger partial charge in [0.15, 0.2) is 0 Å². The number of rotatable bonds is 6. The fraction of sp³-hybridized carbons (Fsp3) is 0.571. The Morgan fingerprint density at radius 2 is 2.00 bits per heavy atom. The fourth-order valence-electron chi connectivity index (χ4n) is 1.65. The summed E-state index contributed by atoms with van der Waals surface area (Å²) in [6.07, 6.45) is 0.953. The molecule has 1 aromatic rings. The molecular formula is C14H24N2O. The lowest BCUT2D eigenvalue weighted by Crippen LogP contribution is -2.19. The van der Waals surface area contributed by atoms with Gasteiger partial charge in [-0.1, -0.05) is 19.9 Å². The Kier molecular flexibility index (Phi) is 5.29. The van der Waals surface area contributed by atoms with Crippen molar-refractivity contribution in [2.45, 2.75) is 39.2 Å². The van der Waals surface area contributed by atoms with Crippen LogP contribution in [0.3, 0.4) is 0 Å². The molecule has 0 radical (unpaired) electrons. The van der Waals surface area contributed by atoms with Crippen LogP contribution in [-0.2, 0) is 0 Å². The second kappa shape index (κ2) is 6.50. The number of methoxy groups -OCH3 is 1. The molecule has 1 atom stereocenters. The molecule has 3 N–H and O–H groups in total. The van der Waals surface area contributed by atoms with E-state index in [-0.39, 0.29) is 6.04 Å². The van der Waals surface area contributed by atoms with E-state index in [1.165, 1.54) is 5.56 Å². The summed E-state index contributed by atoms with van der Waals surface area (Å²) in [6, 6.07) is 6.54. The van der Waals surface area contributed by atoms with Crippen molar-refractivity contribution in [2.75, 3.05) is 19.0 Å². The first-order valence-electron chi connectivity index (χ1n) is 6.22. The largest absolute Gasteiger partial charge is 0.495 e. The van der Waals surface area contributed by atoms with E-state index in [0.717, 1.165) is 24.4 Å². The highest BCUT2D eigenvalue weighted by molar-refractivity contribution is 5.58. The number of anilines is 1. The maximum atomic E-state index is 5.72. The number of hydrogen-bond donors (Lipinski definition) is 2. The van der Waals surface area contributed by atoms with Crippen LogP contribution < -0.4 is 15.8 Å². The van der Waals surface area contributed by atoms with Crippen LogP contribution >= 0.6 is 0 Å². The summed E-state index contributed by atoms with van der Waals surface area (Å²) >= 11 is 0. The SMILES string of the molecule is COc1cc(C(C)C)ccc1NCCC(C)N. The lowest BCUT2D eigenvalue weighted by molar-refractivity contribution is 0.415. The van der Waals surface area contributed by atoms with Crippen LogP contribution in [0, 0.1) is 0 Å². The maximum absolute atomic E-state index is 5.72. The highest BCUT2D eigenvalue weighted by atomic mass is 16.5. The molecule has 0 aliphatic carbocycles. The molecule has 0 bridgehead atoms. The molecule has 0 spiro atoms. The fourth-order valence-corrected chi connectivity index (χ4v) is 1.65.